The third-order valence-electron chi connectivity index (χ3n) is 5.35. The highest BCUT2D eigenvalue weighted by atomic mass is 19.1. The molecule has 30 heavy (non-hydrogen) atoms. The second kappa shape index (κ2) is 9.09. The summed E-state index contributed by atoms with van der Waals surface area (Å²) in [7, 11) is 0. The summed E-state index contributed by atoms with van der Waals surface area (Å²) in [6.45, 7) is 2.93. The average molecular weight is 404 g/mol. The average Bonchev–Trinajstić information content (AvgIpc) is 3.22. The zero-order chi connectivity index (χ0) is 20.9. The molecule has 2 atom stereocenters. The van der Waals surface area contributed by atoms with Gasteiger partial charge in [-0.2, -0.15) is 0 Å². The third-order valence-corrected chi connectivity index (χ3v) is 5.35. The predicted octanol–water partition coefficient (Wildman–Crippen LogP) is 5.09. The number of hydrogen-bond donors (Lipinski definition) is 2. The normalized spacial score (nSPS) is 18.2. The predicted molar refractivity (Wildman–Crippen MR) is 116 cm³/mol. The number of ether oxygens (including phenoxy) is 1. The van der Waals surface area contributed by atoms with Crippen LogP contribution in [-0.2, 0) is 11.2 Å². The number of carbonyl (C=O) groups excluding carboxylic acids is 1. The van der Waals surface area contributed by atoms with E-state index in [4.69, 9.17) is 4.74 Å². The second-order valence-corrected chi connectivity index (χ2v) is 7.82. The summed E-state index contributed by atoms with van der Waals surface area (Å²) in [5.74, 6) is 1.31. The Morgan fingerprint density at radius 2 is 1.63 bits per heavy atom. The van der Waals surface area contributed by atoms with Gasteiger partial charge in [0.15, 0.2) is 0 Å². The van der Waals surface area contributed by atoms with E-state index in [1.54, 1.807) is 36.4 Å². The van der Waals surface area contributed by atoms with E-state index in [2.05, 4.69) is 41.8 Å². The standard InChI is InChI=1S/C25H25FN2O2/c1-17-2-4-18(5-3-17)14-19-15-24(27-16-19)25(29)28-21-8-12-23(13-9-21)30-22-10-6-20(26)7-11-22/h2-13,19,24,27H,14-16H2,1H3,(H,28,29)/t19-,24+/m1/s1. The van der Waals surface area contributed by atoms with Gasteiger partial charge in [-0.25, -0.2) is 4.39 Å². The molecule has 1 aliphatic heterocycles. The van der Waals surface area contributed by atoms with E-state index in [1.165, 1.54) is 23.3 Å². The van der Waals surface area contributed by atoms with Crippen LogP contribution in [0.3, 0.4) is 0 Å². The minimum absolute atomic E-state index is 0.0198. The molecule has 2 N–H and O–H groups in total. The van der Waals surface area contributed by atoms with Gasteiger partial charge in [-0.15, -0.1) is 0 Å². The van der Waals surface area contributed by atoms with Gasteiger partial charge in [-0.05, 0) is 86.3 Å². The number of nitrogens with one attached hydrogen (secondary N) is 2. The van der Waals surface area contributed by atoms with Crippen LogP contribution in [0.4, 0.5) is 10.1 Å². The summed E-state index contributed by atoms with van der Waals surface area (Å²) in [5, 5.41) is 6.31. The number of carbonyl (C=O) groups is 1. The SMILES string of the molecule is Cc1ccc(C[C@H]2CN[C@H](C(=O)Nc3ccc(Oc4ccc(F)cc4)cc3)C2)cc1. The third kappa shape index (κ3) is 5.24. The highest BCUT2D eigenvalue weighted by molar-refractivity contribution is 5.95. The Hall–Kier alpha value is -3.18. The summed E-state index contributed by atoms with van der Waals surface area (Å²) in [6.07, 6.45) is 1.80. The Morgan fingerprint density at radius 3 is 2.30 bits per heavy atom. The van der Waals surface area contributed by atoms with Crippen molar-refractivity contribution < 1.29 is 13.9 Å². The molecule has 0 saturated carbocycles. The van der Waals surface area contributed by atoms with Crippen molar-refractivity contribution >= 4 is 11.6 Å². The van der Waals surface area contributed by atoms with Crippen LogP contribution < -0.4 is 15.4 Å². The Kier molecular flexibility index (Phi) is 6.10. The van der Waals surface area contributed by atoms with E-state index in [1.807, 2.05) is 0 Å². The van der Waals surface area contributed by atoms with Gasteiger partial charge in [0.2, 0.25) is 5.91 Å². The molecule has 1 saturated heterocycles. The van der Waals surface area contributed by atoms with E-state index < -0.39 is 0 Å². The number of amides is 1. The molecule has 0 unspecified atom stereocenters. The molecule has 0 bridgehead atoms. The first-order valence-corrected chi connectivity index (χ1v) is 10.2. The van der Waals surface area contributed by atoms with Gasteiger partial charge >= 0.3 is 0 Å². The number of hydrogen-bond acceptors (Lipinski definition) is 3. The van der Waals surface area contributed by atoms with Crippen LogP contribution in [0.25, 0.3) is 0 Å². The van der Waals surface area contributed by atoms with E-state index in [0.717, 1.165) is 25.1 Å². The quantitative estimate of drug-likeness (QED) is 0.602. The van der Waals surface area contributed by atoms with E-state index in [-0.39, 0.29) is 17.8 Å². The minimum Gasteiger partial charge on any atom is -0.457 e. The molecule has 154 valence electrons. The van der Waals surface area contributed by atoms with Crippen molar-refractivity contribution in [1.29, 1.82) is 0 Å². The molecule has 1 heterocycles. The van der Waals surface area contributed by atoms with Crippen LogP contribution in [0.5, 0.6) is 11.5 Å². The van der Waals surface area contributed by atoms with Crippen LogP contribution in [0.2, 0.25) is 0 Å². The van der Waals surface area contributed by atoms with Crippen molar-refractivity contribution in [3.8, 4) is 11.5 Å². The van der Waals surface area contributed by atoms with Crippen molar-refractivity contribution in [2.75, 3.05) is 11.9 Å². The lowest BCUT2D eigenvalue weighted by Gasteiger charge is -2.12. The lowest BCUT2D eigenvalue weighted by Crippen LogP contribution is -2.35. The van der Waals surface area contributed by atoms with Crippen molar-refractivity contribution in [2.45, 2.75) is 25.8 Å². The van der Waals surface area contributed by atoms with Gasteiger partial charge in [0.25, 0.3) is 0 Å². The lowest BCUT2D eigenvalue weighted by atomic mass is 9.96. The highest BCUT2D eigenvalue weighted by Gasteiger charge is 2.29. The van der Waals surface area contributed by atoms with Crippen LogP contribution in [-0.4, -0.2) is 18.5 Å². The summed E-state index contributed by atoms with van der Waals surface area (Å²) < 4.78 is 18.7. The number of rotatable bonds is 6. The highest BCUT2D eigenvalue weighted by Crippen LogP contribution is 2.24. The van der Waals surface area contributed by atoms with Crippen molar-refractivity contribution in [1.82, 2.24) is 5.32 Å². The monoisotopic (exact) mass is 404 g/mol. The van der Waals surface area contributed by atoms with Gasteiger partial charge in [0.1, 0.15) is 17.3 Å². The first-order chi connectivity index (χ1) is 14.5. The molecule has 3 aromatic carbocycles. The first-order valence-electron chi connectivity index (χ1n) is 10.2. The topological polar surface area (TPSA) is 50.4 Å². The maximum absolute atomic E-state index is 13.0. The fraction of sp³-hybridized carbons (Fsp3) is 0.240. The molecular weight excluding hydrogens is 379 g/mol. The lowest BCUT2D eigenvalue weighted by molar-refractivity contribution is -0.117. The maximum atomic E-state index is 13.0. The van der Waals surface area contributed by atoms with Crippen LogP contribution >= 0.6 is 0 Å². The largest absolute Gasteiger partial charge is 0.457 e. The first kappa shape index (κ1) is 20.1. The smallest absolute Gasteiger partial charge is 0.241 e. The van der Waals surface area contributed by atoms with Crippen molar-refractivity contribution in [3.63, 3.8) is 0 Å². The number of anilines is 1. The number of aryl methyl sites for hydroxylation is 1. The molecule has 1 amide bonds. The van der Waals surface area contributed by atoms with E-state index in [0.29, 0.717) is 17.4 Å². The van der Waals surface area contributed by atoms with E-state index >= 15 is 0 Å². The zero-order valence-corrected chi connectivity index (χ0v) is 16.9. The molecule has 5 heteroatoms. The molecule has 4 rings (SSSR count). The fourth-order valence-corrected chi connectivity index (χ4v) is 3.70. The number of halogens is 1. The van der Waals surface area contributed by atoms with Gasteiger partial charge in [0.05, 0.1) is 6.04 Å². The summed E-state index contributed by atoms with van der Waals surface area (Å²) in [4.78, 5) is 12.6. The molecule has 0 aromatic heterocycles. The zero-order valence-electron chi connectivity index (χ0n) is 16.9. The molecular formula is C25H25FN2O2. The second-order valence-electron chi connectivity index (χ2n) is 7.82. The van der Waals surface area contributed by atoms with Crippen LogP contribution in [0.15, 0.2) is 72.8 Å². The molecule has 3 aromatic rings. The molecule has 0 radical (unpaired) electrons. The van der Waals surface area contributed by atoms with Crippen molar-refractivity contribution in [3.05, 3.63) is 89.7 Å². The Morgan fingerprint density at radius 1 is 1.00 bits per heavy atom. The van der Waals surface area contributed by atoms with Gasteiger partial charge in [-0.1, -0.05) is 29.8 Å². The summed E-state index contributed by atoms with van der Waals surface area (Å²) in [6, 6.07) is 21.4. The molecule has 0 aliphatic carbocycles. The van der Waals surface area contributed by atoms with Gasteiger partial charge < -0.3 is 15.4 Å². The maximum Gasteiger partial charge on any atom is 0.241 e. The Balaban J connectivity index is 1.28. The van der Waals surface area contributed by atoms with Crippen molar-refractivity contribution in [2.24, 2.45) is 5.92 Å². The van der Waals surface area contributed by atoms with Crippen LogP contribution in [0, 0.1) is 18.7 Å². The summed E-state index contributed by atoms with van der Waals surface area (Å²) in [5.41, 5.74) is 3.29. The van der Waals surface area contributed by atoms with Gasteiger partial charge in [0, 0.05) is 5.69 Å². The summed E-state index contributed by atoms with van der Waals surface area (Å²) >= 11 is 0. The Bertz CT molecular complexity index is 985. The molecule has 0 spiro atoms. The van der Waals surface area contributed by atoms with E-state index in [9.17, 15) is 9.18 Å². The molecule has 1 aliphatic rings. The molecule has 4 nitrogen and oxygen atoms in total. The Labute approximate surface area is 176 Å². The minimum atomic E-state index is -0.304. The van der Waals surface area contributed by atoms with Gasteiger partial charge in [-0.3, -0.25) is 4.79 Å². The number of benzene rings is 3. The fourth-order valence-electron chi connectivity index (χ4n) is 3.70. The van der Waals surface area contributed by atoms with Crippen LogP contribution in [0.1, 0.15) is 17.5 Å². The molecule has 1 fully saturated rings.